The van der Waals surface area contributed by atoms with Gasteiger partial charge in [-0.1, -0.05) is 20.8 Å². The summed E-state index contributed by atoms with van der Waals surface area (Å²) in [5, 5.41) is 0. The molecule has 2 aliphatic heterocycles. The van der Waals surface area contributed by atoms with Gasteiger partial charge in [0.1, 0.15) is 5.78 Å². The van der Waals surface area contributed by atoms with Gasteiger partial charge in [0.15, 0.2) is 0 Å². The zero-order chi connectivity index (χ0) is 14.0. The number of hydrogen-bond donors (Lipinski definition) is 0. The van der Waals surface area contributed by atoms with Gasteiger partial charge in [-0.05, 0) is 45.3 Å². The van der Waals surface area contributed by atoms with Crippen LogP contribution in [0.3, 0.4) is 0 Å². The minimum atomic E-state index is -0.177. The summed E-state index contributed by atoms with van der Waals surface area (Å²) in [7, 11) is 2.27. The number of hydrogen-bond acceptors (Lipinski definition) is 3. The van der Waals surface area contributed by atoms with Crippen LogP contribution in [0.2, 0.25) is 0 Å². The Kier molecular flexibility index (Phi) is 4.67. The highest BCUT2D eigenvalue weighted by Gasteiger charge is 2.34. The molecule has 0 aromatic rings. The van der Waals surface area contributed by atoms with Crippen LogP contribution in [0.15, 0.2) is 0 Å². The molecule has 19 heavy (non-hydrogen) atoms. The molecule has 2 rings (SSSR count). The molecule has 2 unspecified atom stereocenters. The fraction of sp³-hybridized carbons (Fsp3) is 0.938. The standard InChI is InChI=1S/C16H30N2O/c1-16(2,3)15(19)8-11-18-10-7-14-13(12-18)6-5-9-17(14)4/h13-14H,5-12H2,1-4H3. The van der Waals surface area contributed by atoms with Crippen molar-refractivity contribution in [3.8, 4) is 0 Å². The monoisotopic (exact) mass is 266 g/mol. The molecule has 0 aliphatic carbocycles. The second-order valence-corrected chi connectivity index (χ2v) is 7.46. The summed E-state index contributed by atoms with van der Waals surface area (Å²) in [6.07, 6.45) is 4.72. The van der Waals surface area contributed by atoms with Crippen molar-refractivity contribution in [2.75, 3.05) is 33.2 Å². The predicted octanol–water partition coefficient (Wildman–Crippen LogP) is 2.41. The number of ketones is 1. The first-order chi connectivity index (χ1) is 8.88. The first-order valence-corrected chi connectivity index (χ1v) is 7.84. The largest absolute Gasteiger partial charge is 0.303 e. The van der Waals surface area contributed by atoms with Crippen molar-refractivity contribution in [3.63, 3.8) is 0 Å². The fourth-order valence-corrected chi connectivity index (χ4v) is 3.57. The molecule has 2 heterocycles. The van der Waals surface area contributed by atoms with Gasteiger partial charge in [-0.2, -0.15) is 0 Å². The van der Waals surface area contributed by atoms with Crippen LogP contribution in [0.1, 0.15) is 46.5 Å². The molecule has 0 radical (unpaired) electrons. The van der Waals surface area contributed by atoms with Crippen LogP contribution < -0.4 is 0 Å². The van der Waals surface area contributed by atoms with Gasteiger partial charge in [0, 0.05) is 31.0 Å². The van der Waals surface area contributed by atoms with Gasteiger partial charge in [-0.25, -0.2) is 0 Å². The van der Waals surface area contributed by atoms with Crippen molar-refractivity contribution in [2.24, 2.45) is 11.3 Å². The van der Waals surface area contributed by atoms with Crippen molar-refractivity contribution < 1.29 is 4.79 Å². The van der Waals surface area contributed by atoms with E-state index < -0.39 is 0 Å². The maximum absolute atomic E-state index is 12.0. The van der Waals surface area contributed by atoms with Crippen LogP contribution in [0.4, 0.5) is 0 Å². The topological polar surface area (TPSA) is 23.6 Å². The van der Waals surface area contributed by atoms with Gasteiger partial charge in [0.25, 0.3) is 0 Å². The first-order valence-electron chi connectivity index (χ1n) is 7.84. The normalized spacial score (nSPS) is 30.1. The summed E-state index contributed by atoms with van der Waals surface area (Å²) in [6.45, 7) is 10.7. The average molecular weight is 266 g/mol. The van der Waals surface area contributed by atoms with E-state index in [0.717, 1.165) is 24.9 Å². The maximum atomic E-state index is 12.0. The molecule has 0 aromatic heterocycles. The fourth-order valence-electron chi connectivity index (χ4n) is 3.57. The summed E-state index contributed by atoms with van der Waals surface area (Å²) in [5.41, 5.74) is -0.177. The SMILES string of the molecule is CN1CCCC2CN(CCC(=O)C(C)(C)C)CCC21. The summed E-state index contributed by atoms with van der Waals surface area (Å²) in [5.74, 6) is 1.23. The Hall–Kier alpha value is -0.410. The third kappa shape index (κ3) is 3.79. The third-order valence-corrected chi connectivity index (χ3v) is 4.92. The molecule has 3 nitrogen and oxygen atoms in total. The molecule has 110 valence electrons. The van der Waals surface area contributed by atoms with Gasteiger partial charge in [-0.15, -0.1) is 0 Å². The Morgan fingerprint density at radius 3 is 2.63 bits per heavy atom. The lowest BCUT2D eigenvalue weighted by Gasteiger charge is -2.46. The quantitative estimate of drug-likeness (QED) is 0.784. The van der Waals surface area contributed by atoms with Crippen molar-refractivity contribution in [3.05, 3.63) is 0 Å². The highest BCUT2D eigenvalue weighted by molar-refractivity contribution is 5.83. The minimum absolute atomic E-state index is 0.177. The lowest BCUT2D eigenvalue weighted by Crippen LogP contribution is -2.52. The number of carbonyl (C=O) groups is 1. The number of fused-ring (bicyclic) bond motifs is 1. The maximum Gasteiger partial charge on any atom is 0.139 e. The van der Waals surface area contributed by atoms with Gasteiger partial charge in [0.2, 0.25) is 0 Å². The molecular formula is C16H30N2O. The van der Waals surface area contributed by atoms with Crippen LogP contribution in [0.25, 0.3) is 0 Å². The van der Waals surface area contributed by atoms with Gasteiger partial charge in [-0.3, -0.25) is 4.79 Å². The Morgan fingerprint density at radius 2 is 1.95 bits per heavy atom. The smallest absolute Gasteiger partial charge is 0.139 e. The number of rotatable bonds is 3. The minimum Gasteiger partial charge on any atom is -0.303 e. The van der Waals surface area contributed by atoms with Crippen molar-refractivity contribution in [1.82, 2.24) is 9.80 Å². The van der Waals surface area contributed by atoms with E-state index in [9.17, 15) is 4.79 Å². The van der Waals surface area contributed by atoms with E-state index >= 15 is 0 Å². The highest BCUT2D eigenvalue weighted by Crippen LogP contribution is 2.29. The molecule has 0 amide bonds. The summed E-state index contributed by atoms with van der Waals surface area (Å²) in [4.78, 5) is 17.1. The van der Waals surface area contributed by atoms with Crippen molar-refractivity contribution in [2.45, 2.75) is 52.5 Å². The van der Waals surface area contributed by atoms with E-state index in [1.54, 1.807) is 0 Å². The van der Waals surface area contributed by atoms with Gasteiger partial charge < -0.3 is 9.80 Å². The highest BCUT2D eigenvalue weighted by atomic mass is 16.1. The van der Waals surface area contributed by atoms with Crippen LogP contribution in [-0.2, 0) is 4.79 Å². The number of likely N-dealkylation sites (tertiary alicyclic amines) is 2. The summed E-state index contributed by atoms with van der Waals surface area (Å²) in [6, 6.07) is 0.795. The van der Waals surface area contributed by atoms with Crippen molar-refractivity contribution >= 4 is 5.78 Å². The predicted molar refractivity (Wildman–Crippen MR) is 79.3 cm³/mol. The van der Waals surface area contributed by atoms with Gasteiger partial charge >= 0.3 is 0 Å². The second-order valence-electron chi connectivity index (χ2n) is 7.46. The number of Topliss-reactive ketones (excluding diaryl/α,β-unsaturated/α-hetero) is 1. The van der Waals surface area contributed by atoms with E-state index in [0.29, 0.717) is 5.78 Å². The lowest BCUT2D eigenvalue weighted by atomic mass is 9.83. The second kappa shape index (κ2) is 5.92. The Balaban J connectivity index is 1.80. The third-order valence-electron chi connectivity index (χ3n) is 4.92. The lowest BCUT2D eigenvalue weighted by molar-refractivity contribution is -0.126. The van der Waals surface area contributed by atoms with E-state index in [-0.39, 0.29) is 5.41 Å². The number of nitrogens with zero attached hydrogens (tertiary/aromatic N) is 2. The van der Waals surface area contributed by atoms with Gasteiger partial charge in [0.05, 0.1) is 0 Å². The average Bonchev–Trinajstić information content (AvgIpc) is 2.35. The van der Waals surface area contributed by atoms with Crippen LogP contribution in [-0.4, -0.2) is 54.9 Å². The molecule has 2 atom stereocenters. The van der Waals surface area contributed by atoms with Crippen molar-refractivity contribution in [1.29, 1.82) is 0 Å². The molecule has 3 heteroatoms. The number of carbonyl (C=O) groups excluding carboxylic acids is 1. The Morgan fingerprint density at radius 1 is 1.21 bits per heavy atom. The van der Waals surface area contributed by atoms with Crippen LogP contribution in [0.5, 0.6) is 0 Å². The first kappa shape index (κ1) is 15.0. The zero-order valence-corrected chi connectivity index (χ0v) is 13.1. The molecule has 2 saturated heterocycles. The zero-order valence-electron chi connectivity index (χ0n) is 13.1. The summed E-state index contributed by atoms with van der Waals surface area (Å²) < 4.78 is 0. The molecular weight excluding hydrogens is 236 g/mol. The van der Waals surface area contributed by atoms with E-state index in [1.165, 1.54) is 38.9 Å². The van der Waals surface area contributed by atoms with E-state index in [4.69, 9.17) is 0 Å². The molecule has 0 saturated carbocycles. The molecule has 0 N–H and O–H groups in total. The molecule has 0 aromatic carbocycles. The molecule has 2 fully saturated rings. The van der Waals surface area contributed by atoms with Crippen LogP contribution >= 0.6 is 0 Å². The Labute approximate surface area is 118 Å². The molecule has 0 spiro atoms. The molecule has 0 bridgehead atoms. The van der Waals surface area contributed by atoms with E-state index in [2.05, 4.69) is 16.8 Å². The number of piperidine rings is 2. The Bertz CT molecular complexity index is 321. The van der Waals surface area contributed by atoms with Crippen LogP contribution in [0, 0.1) is 11.3 Å². The molecule has 2 aliphatic rings. The summed E-state index contributed by atoms with van der Waals surface area (Å²) >= 11 is 0. The van der Waals surface area contributed by atoms with E-state index in [1.807, 2.05) is 20.8 Å².